The first-order valence-electron chi connectivity index (χ1n) is 5.30. The first-order valence-corrected chi connectivity index (χ1v) is 5.30. The van der Waals surface area contributed by atoms with Crippen LogP contribution >= 0.6 is 0 Å². The molecule has 0 heterocycles. The Labute approximate surface area is 91.3 Å². The number of carbonyl (C=O) groups excluding carboxylic acids is 1. The third-order valence-corrected chi connectivity index (χ3v) is 2.47. The van der Waals surface area contributed by atoms with Crippen LogP contribution in [-0.2, 0) is 22.4 Å². The molecule has 2 heteroatoms. The Morgan fingerprint density at radius 2 is 2.13 bits per heavy atom. The van der Waals surface area contributed by atoms with E-state index in [0.29, 0.717) is 6.42 Å². The van der Waals surface area contributed by atoms with Gasteiger partial charge in [-0.1, -0.05) is 24.3 Å². The summed E-state index contributed by atoms with van der Waals surface area (Å²) in [5.74, 6) is 0. The maximum absolute atomic E-state index is 10.3. The summed E-state index contributed by atoms with van der Waals surface area (Å²) in [5.41, 5.74) is 2.50. The number of ether oxygens (including phenoxy) is 1. The van der Waals surface area contributed by atoms with Crippen LogP contribution in [0, 0.1) is 0 Å². The van der Waals surface area contributed by atoms with Crippen LogP contribution in [0.25, 0.3) is 0 Å². The first-order chi connectivity index (χ1) is 7.26. The lowest BCUT2D eigenvalue weighted by Crippen LogP contribution is -2.08. The largest absolute Gasteiger partial charge is 0.381 e. The van der Waals surface area contributed by atoms with Crippen molar-refractivity contribution in [3.8, 4) is 0 Å². The molecule has 0 fully saturated rings. The quantitative estimate of drug-likeness (QED) is 0.668. The summed E-state index contributed by atoms with van der Waals surface area (Å²) in [6.07, 6.45) is 3.56. The molecule has 1 unspecified atom stereocenters. The normalized spacial score (nSPS) is 12.4. The van der Waals surface area contributed by atoms with Gasteiger partial charge >= 0.3 is 0 Å². The maximum atomic E-state index is 10.3. The Morgan fingerprint density at radius 1 is 1.40 bits per heavy atom. The molecular weight excluding hydrogens is 188 g/mol. The van der Waals surface area contributed by atoms with Gasteiger partial charge in [-0.05, 0) is 30.9 Å². The third-order valence-electron chi connectivity index (χ3n) is 2.47. The van der Waals surface area contributed by atoms with E-state index >= 15 is 0 Å². The van der Waals surface area contributed by atoms with Crippen LogP contribution in [0.2, 0.25) is 0 Å². The molecule has 0 saturated carbocycles. The molecule has 15 heavy (non-hydrogen) atoms. The van der Waals surface area contributed by atoms with E-state index in [2.05, 4.69) is 25.1 Å². The van der Waals surface area contributed by atoms with Crippen molar-refractivity contribution in [2.45, 2.75) is 32.3 Å². The minimum Gasteiger partial charge on any atom is -0.381 e. The summed E-state index contributed by atoms with van der Waals surface area (Å²) in [6.45, 7) is 2.05. The Balaban J connectivity index is 2.61. The second-order valence-electron chi connectivity index (χ2n) is 3.78. The monoisotopic (exact) mass is 206 g/mol. The van der Waals surface area contributed by atoms with Gasteiger partial charge in [-0.2, -0.15) is 0 Å². The van der Waals surface area contributed by atoms with Crippen molar-refractivity contribution in [3.63, 3.8) is 0 Å². The zero-order chi connectivity index (χ0) is 11.1. The van der Waals surface area contributed by atoms with Crippen molar-refractivity contribution >= 4 is 6.29 Å². The third kappa shape index (κ3) is 4.26. The Morgan fingerprint density at radius 3 is 2.80 bits per heavy atom. The number of methoxy groups -OCH3 is 1. The number of benzene rings is 1. The van der Waals surface area contributed by atoms with E-state index < -0.39 is 0 Å². The van der Waals surface area contributed by atoms with Crippen molar-refractivity contribution in [1.29, 1.82) is 0 Å². The van der Waals surface area contributed by atoms with Crippen molar-refractivity contribution < 1.29 is 9.53 Å². The highest BCUT2D eigenvalue weighted by atomic mass is 16.5. The molecule has 1 atom stereocenters. The van der Waals surface area contributed by atoms with Crippen LogP contribution in [0.4, 0.5) is 0 Å². The number of aldehydes is 1. The second-order valence-corrected chi connectivity index (χ2v) is 3.78. The molecule has 1 rings (SSSR count). The van der Waals surface area contributed by atoms with E-state index in [4.69, 9.17) is 4.74 Å². The summed E-state index contributed by atoms with van der Waals surface area (Å²) < 4.78 is 5.22. The van der Waals surface area contributed by atoms with Crippen LogP contribution in [-0.4, -0.2) is 19.5 Å². The molecule has 1 aromatic carbocycles. The molecule has 0 radical (unpaired) electrons. The average Bonchev–Trinajstić information content (AvgIpc) is 2.26. The zero-order valence-electron chi connectivity index (χ0n) is 9.40. The molecule has 0 aliphatic carbocycles. The lowest BCUT2D eigenvalue weighted by molar-refractivity contribution is -0.107. The van der Waals surface area contributed by atoms with Gasteiger partial charge in [-0.15, -0.1) is 0 Å². The molecule has 2 nitrogen and oxygen atoms in total. The average molecular weight is 206 g/mol. The lowest BCUT2D eigenvalue weighted by Gasteiger charge is -2.10. The Bertz CT molecular complexity index is 307. The topological polar surface area (TPSA) is 26.3 Å². The standard InChI is InChI=1S/C13H18O2/c1-11(15-2)9-13-6-3-5-12(10-13)7-4-8-14/h3,5-6,8,10-11H,4,7,9H2,1-2H3. The number of hydrogen-bond acceptors (Lipinski definition) is 2. The summed E-state index contributed by atoms with van der Waals surface area (Å²) in [5, 5.41) is 0. The molecule has 0 spiro atoms. The van der Waals surface area contributed by atoms with Crippen molar-refractivity contribution in [3.05, 3.63) is 35.4 Å². The minimum atomic E-state index is 0.242. The lowest BCUT2D eigenvalue weighted by atomic mass is 10.0. The number of hydrogen-bond donors (Lipinski definition) is 0. The van der Waals surface area contributed by atoms with Crippen LogP contribution in [0.3, 0.4) is 0 Å². The van der Waals surface area contributed by atoms with E-state index in [9.17, 15) is 4.79 Å². The van der Waals surface area contributed by atoms with Crippen molar-refractivity contribution in [2.75, 3.05) is 7.11 Å². The fourth-order valence-electron chi connectivity index (χ4n) is 1.55. The molecule has 1 aromatic rings. The van der Waals surface area contributed by atoms with Gasteiger partial charge in [-0.25, -0.2) is 0 Å². The highest BCUT2D eigenvalue weighted by Crippen LogP contribution is 2.10. The summed E-state index contributed by atoms with van der Waals surface area (Å²) in [7, 11) is 1.72. The van der Waals surface area contributed by atoms with Crippen LogP contribution in [0.15, 0.2) is 24.3 Å². The highest BCUT2D eigenvalue weighted by molar-refractivity contribution is 5.50. The Kier molecular flexibility index (Phi) is 5.05. The van der Waals surface area contributed by atoms with Gasteiger partial charge in [0, 0.05) is 13.5 Å². The van der Waals surface area contributed by atoms with Crippen LogP contribution in [0.5, 0.6) is 0 Å². The summed E-state index contributed by atoms with van der Waals surface area (Å²) in [4.78, 5) is 10.3. The fraction of sp³-hybridized carbons (Fsp3) is 0.462. The van der Waals surface area contributed by atoms with Gasteiger partial charge < -0.3 is 9.53 Å². The van der Waals surface area contributed by atoms with Crippen molar-refractivity contribution in [2.24, 2.45) is 0 Å². The predicted octanol–water partition coefficient (Wildman–Crippen LogP) is 2.40. The van der Waals surface area contributed by atoms with Gasteiger partial charge in [0.2, 0.25) is 0 Å². The number of rotatable bonds is 6. The molecule has 82 valence electrons. The molecule has 0 bridgehead atoms. The SMILES string of the molecule is COC(C)Cc1cccc(CCC=O)c1. The molecule has 0 aliphatic heterocycles. The first kappa shape index (κ1) is 11.9. The van der Waals surface area contributed by atoms with Crippen LogP contribution in [0.1, 0.15) is 24.5 Å². The highest BCUT2D eigenvalue weighted by Gasteiger charge is 2.02. The van der Waals surface area contributed by atoms with E-state index in [1.54, 1.807) is 7.11 Å². The van der Waals surface area contributed by atoms with Gasteiger partial charge in [0.15, 0.2) is 0 Å². The predicted molar refractivity (Wildman–Crippen MR) is 61.0 cm³/mol. The van der Waals surface area contributed by atoms with E-state index in [0.717, 1.165) is 19.1 Å². The van der Waals surface area contributed by atoms with E-state index in [1.807, 2.05) is 6.07 Å². The molecule has 0 amide bonds. The molecular formula is C13H18O2. The molecule has 0 N–H and O–H groups in total. The fourth-order valence-corrected chi connectivity index (χ4v) is 1.55. The maximum Gasteiger partial charge on any atom is 0.120 e. The summed E-state index contributed by atoms with van der Waals surface area (Å²) in [6, 6.07) is 8.35. The van der Waals surface area contributed by atoms with Gasteiger partial charge in [-0.3, -0.25) is 0 Å². The molecule has 0 saturated heterocycles. The molecule has 0 aliphatic rings. The van der Waals surface area contributed by atoms with Crippen LogP contribution < -0.4 is 0 Å². The smallest absolute Gasteiger partial charge is 0.120 e. The van der Waals surface area contributed by atoms with Gasteiger partial charge in [0.25, 0.3) is 0 Å². The second kappa shape index (κ2) is 6.36. The number of carbonyl (C=O) groups is 1. The zero-order valence-corrected chi connectivity index (χ0v) is 9.40. The minimum absolute atomic E-state index is 0.242. The Hall–Kier alpha value is -1.15. The summed E-state index contributed by atoms with van der Waals surface area (Å²) >= 11 is 0. The van der Waals surface area contributed by atoms with Crippen molar-refractivity contribution in [1.82, 2.24) is 0 Å². The van der Waals surface area contributed by atoms with Gasteiger partial charge in [0.1, 0.15) is 6.29 Å². The van der Waals surface area contributed by atoms with Gasteiger partial charge in [0.05, 0.1) is 6.10 Å². The number of aryl methyl sites for hydroxylation is 1. The van der Waals surface area contributed by atoms with E-state index in [-0.39, 0.29) is 6.10 Å². The molecule has 0 aromatic heterocycles. The van der Waals surface area contributed by atoms with E-state index in [1.165, 1.54) is 11.1 Å².